The minimum atomic E-state index is 0.986. The van der Waals surface area contributed by atoms with Gasteiger partial charge in [0.25, 0.3) is 0 Å². The molecule has 0 radical (unpaired) electrons. The standard InChI is InChI=1S/C28H46N6/c1-5-7-9-11-13-15-20-33-23-27(31(3)29-33)25-18-17-19-26(22-25)28-24-34(30-32(28)4)21-16-14-12-10-8-6-2/h17-19,22-24H,5-16,20-21H2,1-4H3/q+2. The number of nitrogens with zero attached hydrogens (tertiary/aromatic N) is 6. The smallest absolute Gasteiger partial charge is 0.137 e. The predicted molar refractivity (Wildman–Crippen MR) is 138 cm³/mol. The predicted octanol–water partition coefficient (Wildman–Crippen LogP) is 5.78. The number of aromatic nitrogens is 6. The lowest BCUT2D eigenvalue weighted by Crippen LogP contribution is -2.35. The second kappa shape index (κ2) is 14.0. The molecule has 0 amide bonds. The van der Waals surface area contributed by atoms with Gasteiger partial charge in [-0.25, -0.2) is 0 Å². The van der Waals surface area contributed by atoms with Crippen molar-refractivity contribution >= 4 is 0 Å². The molecule has 2 heterocycles. The van der Waals surface area contributed by atoms with Crippen molar-refractivity contribution in [1.29, 1.82) is 0 Å². The lowest BCUT2D eigenvalue weighted by atomic mass is 10.1. The quantitative estimate of drug-likeness (QED) is 0.198. The molecule has 1 aromatic carbocycles. The summed E-state index contributed by atoms with van der Waals surface area (Å²) in [6, 6.07) is 8.76. The number of unbranched alkanes of at least 4 members (excludes halogenated alkanes) is 10. The van der Waals surface area contributed by atoms with Gasteiger partial charge in [0, 0.05) is 11.1 Å². The molecule has 0 fully saturated rings. The van der Waals surface area contributed by atoms with Crippen LogP contribution >= 0.6 is 0 Å². The van der Waals surface area contributed by atoms with Crippen molar-refractivity contribution in [3.8, 4) is 22.5 Å². The highest BCUT2D eigenvalue weighted by molar-refractivity contribution is 5.68. The third-order valence-corrected chi connectivity index (χ3v) is 6.67. The second-order valence-corrected chi connectivity index (χ2v) is 9.70. The normalized spacial score (nSPS) is 11.4. The van der Waals surface area contributed by atoms with Crippen molar-refractivity contribution in [3.63, 3.8) is 0 Å². The molecular formula is C28H46N6+2. The molecule has 0 spiro atoms. The van der Waals surface area contributed by atoms with Gasteiger partial charge in [0.15, 0.2) is 23.8 Å². The fourth-order valence-corrected chi connectivity index (χ4v) is 4.63. The Balaban J connectivity index is 1.61. The van der Waals surface area contributed by atoms with E-state index in [0.717, 1.165) is 24.5 Å². The molecule has 186 valence electrons. The molecule has 0 aliphatic carbocycles. The molecule has 0 unspecified atom stereocenters. The minimum Gasteiger partial charge on any atom is -0.137 e. The number of aryl methyl sites for hydroxylation is 4. The van der Waals surface area contributed by atoms with Crippen molar-refractivity contribution in [1.82, 2.24) is 19.8 Å². The molecule has 0 aliphatic heterocycles. The highest BCUT2D eigenvalue weighted by Crippen LogP contribution is 2.24. The number of hydrogen-bond donors (Lipinski definition) is 0. The van der Waals surface area contributed by atoms with Gasteiger partial charge < -0.3 is 0 Å². The van der Waals surface area contributed by atoms with Crippen LogP contribution in [0.4, 0.5) is 0 Å². The molecule has 2 aromatic heterocycles. The van der Waals surface area contributed by atoms with Crippen molar-refractivity contribution in [2.24, 2.45) is 14.1 Å². The summed E-state index contributed by atoms with van der Waals surface area (Å²) < 4.78 is 8.19. The summed E-state index contributed by atoms with van der Waals surface area (Å²) in [7, 11) is 4.08. The molecule has 0 atom stereocenters. The molecule has 3 rings (SSSR count). The van der Waals surface area contributed by atoms with Crippen molar-refractivity contribution < 1.29 is 9.36 Å². The fraction of sp³-hybridized carbons (Fsp3) is 0.643. The molecular weight excluding hydrogens is 420 g/mol. The first-order chi connectivity index (χ1) is 16.6. The highest BCUT2D eigenvalue weighted by atomic mass is 15.5. The number of benzene rings is 1. The Hall–Kier alpha value is -2.50. The maximum atomic E-state index is 4.72. The van der Waals surface area contributed by atoms with E-state index in [-0.39, 0.29) is 0 Å². The van der Waals surface area contributed by atoms with Crippen LogP contribution in [0.3, 0.4) is 0 Å². The Bertz CT molecular complexity index is 911. The number of rotatable bonds is 16. The SMILES string of the molecule is CCCCCCCC[n+]1cc(-c2cccc(-c3c[n+](CCCCCCCC)nn3C)c2)n(C)n1. The van der Waals surface area contributed by atoms with E-state index >= 15 is 0 Å². The molecule has 34 heavy (non-hydrogen) atoms. The van der Waals surface area contributed by atoms with E-state index in [2.05, 4.69) is 59.9 Å². The summed E-state index contributed by atoms with van der Waals surface area (Å²) in [6.45, 7) is 6.51. The van der Waals surface area contributed by atoms with Gasteiger partial charge in [0.1, 0.15) is 27.2 Å². The zero-order chi connectivity index (χ0) is 24.2. The lowest BCUT2D eigenvalue weighted by Gasteiger charge is -1.99. The largest absolute Gasteiger partial charge is 0.197 e. The van der Waals surface area contributed by atoms with E-state index in [9.17, 15) is 0 Å². The average Bonchev–Trinajstić information content (AvgIpc) is 3.40. The van der Waals surface area contributed by atoms with Crippen LogP contribution in [0.5, 0.6) is 0 Å². The first-order valence-corrected chi connectivity index (χ1v) is 13.6. The topological polar surface area (TPSA) is 43.4 Å². The Morgan fingerprint density at radius 3 is 1.47 bits per heavy atom. The van der Waals surface area contributed by atoms with Gasteiger partial charge in [-0.15, -0.1) is 18.7 Å². The summed E-state index contributed by atoms with van der Waals surface area (Å²) in [5.74, 6) is 0. The van der Waals surface area contributed by atoms with Gasteiger partial charge in [-0.3, -0.25) is 0 Å². The average molecular weight is 467 g/mol. The van der Waals surface area contributed by atoms with Crippen LogP contribution in [0, 0.1) is 0 Å². The van der Waals surface area contributed by atoms with E-state index in [1.54, 1.807) is 0 Å². The number of hydrogen-bond acceptors (Lipinski definition) is 2. The van der Waals surface area contributed by atoms with Crippen molar-refractivity contribution in [2.75, 3.05) is 0 Å². The molecule has 3 aromatic rings. The van der Waals surface area contributed by atoms with E-state index in [4.69, 9.17) is 10.4 Å². The van der Waals surface area contributed by atoms with Gasteiger partial charge in [0.2, 0.25) is 0 Å². The van der Waals surface area contributed by atoms with Crippen LogP contribution in [-0.2, 0) is 27.2 Å². The monoisotopic (exact) mass is 466 g/mol. The van der Waals surface area contributed by atoms with Crippen LogP contribution in [-0.4, -0.2) is 19.8 Å². The summed E-state index contributed by atoms with van der Waals surface area (Å²) in [5, 5.41) is 9.43. The van der Waals surface area contributed by atoms with Gasteiger partial charge in [-0.2, -0.15) is 0 Å². The minimum absolute atomic E-state index is 0.986. The van der Waals surface area contributed by atoms with Crippen LogP contribution < -0.4 is 9.36 Å². The first kappa shape index (κ1) is 26.1. The van der Waals surface area contributed by atoms with Gasteiger partial charge >= 0.3 is 0 Å². The van der Waals surface area contributed by atoms with Crippen molar-refractivity contribution in [3.05, 3.63) is 36.7 Å². The van der Waals surface area contributed by atoms with Gasteiger partial charge in [-0.1, -0.05) is 83.4 Å². The summed E-state index contributed by atoms with van der Waals surface area (Å²) >= 11 is 0. The van der Waals surface area contributed by atoms with Crippen LogP contribution in [0.25, 0.3) is 22.5 Å². The molecule has 6 heteroatoms. The molecule has 0 saturated carbocycles. The summed E-state index contributed by atoms with van der Waals surface area (Å²) in [5.41, 5.74) is 4.68. The molecule has 0 saturated heterocycles. The van der Waals surface area contributed by atoms with Gasteiger partial charge in [-0.05, 0) is 31.7 Å². The van der Waals surface area contributed by atoms with E-state index in [0.29, 0.717) is 0 Å². The van der Waals surface area contributed by atoms with E-state index in [1.807, 2.05) is 23.5 Å². The Morgan fingerprint density at radius 2 is 1.03 bits per heavy atom. The maximum absolute atomic E-state index is 4.72. The fourth-order valence-electron chi connectivity index (χ4n) is 4.63. The lowest BCUT2D eigenvalue weighted by molar-refractivity contribution is -0.755. The van der Waals surface area contributed by atoms with Crippen molar-refractivity contribution in [2.45, 2.75) is 104 Å². The Labute approximate surface area is 206 Å². The van der Waals surface area contributed by atoms with Gasteiger partial charge in [0.05, 0.1) is 10.4 Å². The molecule has 0 bridgehead atoms. The zero-order valence-electron chi connectivity index (χ0n) is 22.0. The molecule has 0 N–H and O–H groups in total. The third kappa shape index (κ3) is 7.78. The Kier molecular flexibility index (Phi) is 10.8. The molecule has 0 aliphatic rings. The van der Waals surface area contributed by atoms with E-state index < -0.39 is 0 Å². The van der Waals surface area contributed by atoms with E-state index in [1.165, 1.54) is 88.2 Å². The zero-order valence-corrected chi connectivity index (χ0v) is 22.0. The van der Waals surface area contributed by atoms with Crippen LogP contribution in [0.1, 0.15) is 90.9 Å². The van der Waals surface area contributed by atoms with Crippen LogP contribution in [0.15, 0.2) is 36.7 Å². The van der Waals surface area contributed by atoms with Crippen LogP contribution in [0.2, 0.25) is 0 Å². The first-order valence-electron chi connectivity index (χ1n) is 13.6. The second-order valence-electron chi connectivity index (χ2n) is 9.70. The highest BCUT2D eigenvalue weighted by Gasteiger charge is 2.18. The summed E-state index contributed by atoms with van der Waals surface area (Å²) in [4.78, 5) is 0. The Morgan fingerprint density at radius 1 is 0.618 bits per heavy atom. The molecule has 6 nitrogen and oxygen atoms in total. The summed E-state index contributed by atoms with van der Waals surface area (Å²) in [6.07, 6.45) is 20.0. The third-order valence-electron chi connectivity index (χ3n) is 6.67. The maximum Gasteiger partial charge on any atom is 0.197 e.